The molecule has 1 saturated heterocycles. The quantitative estimate of drug-likeness (QED) is 0.840. The first-order valence-corrected chi connectivity index (χ1v) is 8.83. The first kappa shape index (κ1) is 17.5. The van der Waals surface area contributed by atoms with Crippen LogP contribution >= 0.6 is 0 Å². The maximum atomic E-state index is 12.6. The number of aryl methyl sites for hydroxylation is 3. The summed E-state index contributed by atoms with van der Waals surface area (Å²) in [6, 6.07) is 10.1. The average molecular weight is 339 g/mol. The highest BCUT2D eigenvalue weighted by atomic mass is 16.5. The van der Waals surface area contributed by atoms with Crippen LogP contribution in [0.1, 0.15) is 28.9 Å². The van der Waals surface area contributed by atoms with Crippen molar-refractivity contribution in [1.82, 2.24) is 14.9 Å². The third-order valence-electron chi connectivity index (χ3n) is 4.68. The lowest BCUT2D eigenvalue weighted by Crippen LogP contribution is -2.46. The van der Waals surface area contributed by atoms with Gasteiger partial charge in [0.2, 0.25) is 5.91 Å². The van der Waals surface area contributed by atoms with Crippen LogP contribution in [0.4, 0.5) is 0 Å². The molecular formula is C20H25N3O2. The van der Waals surface area contributed by atoms with Crippen molar-refractivity contribution in [3.05, 3.63) is 59.2 Å². The number of rotatable bonds is 5. The zero-order valence-electron chi connectivity index (χ0n) is 14.9. The van der Waals surface area contributed by atoms with Crippen LogP contribution in [-0.4, -0.2) is 46.6 Å². The summed E-state index contributed by atoms with van der Waals surface area (Å²) in [7, 11) is 0. The van der Waals surface area contributed by atoms with E-state index in [-0.39, 0.29) is 12.0 Å². The number of carbonyl (C=O) groups excluding carboxylic acids is 1. The van der Waals surface area contributed by atoms with Crippen LogP contribution in [0.25, 0.3) is 0 Å². The molecule has 0 saturated carbocycles. The van der Waals surface area contributed by atoms with E-state index in [0.717, 1.165) is 29.8 Å². The molecule has 2 heterocycles. The molecule has 1 aromatic carbocycles. The number of benzene rings is 1. The molecular weight excluding hydrogens is 314 g/mol. The molecule has 0 spiro atoms. The molecule has 0 aliphatic carbocycles. The average Bonchev–Trinajstić information content (AvgIpc) is 2.62. The van der Waals surface area contributed by atoms with Gasteiger partial charge >= 0.3 is 0 Å². The number of ether oxygens (including phenoxy) is 1. The molecule has 1 aromatic heterocycles. The molecule has 25 heavy (non-hydrogen) atoms. The minimum atomic E-state index is 0.0739. The lowest BCUT2D eigenvalue weighted by atomic mass is 10.0. The molecule has 0 N–H and O–H groups in total. The summed E-state index contributed by atoms with van der Waals surface area (Å²) in [5.74, 6) is 0.181. The molecule has 0 radical (unpaired) electrons. The summed E-state index contributed by atoms with van der Waals surface area (Å²) < 4.78 is 5.85. The van der Waals surface area contributed by atoms with E-state index in [9.17, 15) is 4.79 Å². The fourth-order valence-electron chi connectivity index (χ4n) is 3.16. The molecule has 1 aliphatic rings. The van der Waals surface area contributed by atoms with E-state index in [1.54, 1.807) is 6.33 Å². The first-order valence-electron chi connectivity index (χ1n) is 8.83. The number of amides is 1. The fourth-order valence-corrected chi connectivity index (χ4v) is 3.16. The second-order valence-corrected chi connectivity index (χ2v) is 6.63. The molecule has 2 aromatic rings. The van der Waals surface area contributed by atoms with Crippen LogP contribution < -0.4 is 0 Å². The Balaban J connectivity index is 1.53. The van der Waals surface area contributed by atoms with Crippen molar-refractivity contribution in [2.45, 2.75) is 39.2 Å². The minimum absolute atomic E-state index is 0.0739. The van der Waals surface area contributed by atoms with Gasteiger partial charge in [0, 0.05) is 24.5 Å². The zero-order valence-corrected chi connectivity index (χ0v) is 14.9. The maximum Gasteiger partial charge on any atom is 0.227 e. The predicted octanol–water partition coefficient (Wildman–Crippen LogP) is 2.50. The lowest BCUT2D eigenvalue weighted by Gasteiger charge is -2.33. The highest BCUT2D eigenvalue weighted by Crippen LogP contribution is 2.15. The van der Waals surface area contributed by atoms with E-state index < -0.39 is 0 Å². The second-order valence-electron chi connectivity index (χ2n) is 6.63. The lowest BCUT2D eigenvalue weighted by molar-refractivity contribution is -0.138. The van der Waals surface area contributed by atoms with Gasteiger partial charge in [-0.15, -0.1) is 0 Å². The molecule has 1 atom stereocenters. The topological polar surface area (TPSA) is 55.3 Å². The third kappa shape index (κ3) is 4.86. The minimum Gasteiger partial charge on any atom is -0.375 e. The highest BCUT2D eigenvalue weighted by Gasteiger charge is 2.24. The van der Waals surface area contributed by atoms with Crippen molar-refractivity contribution >= 4 is 5.91 Å². The standard InChI is InChI=1S/C20H25N3O2/c1-15-5-3-4-6-17(15)12-20(24)23-9-10-25-19(13-23)8-7-18-11-16(2)21-14-22-18/h3-6,11,14,19H,7-10,12-13H2,1-2H3/t19-/m1/s1. The van der Waals surface area contributed by atoms with Crippen molar-refractivity contribution in [3.8, 4) is 0 Å². The van der Waals surface area contributed by atoms with E-state index in [4.69, 9.17) is 4.74 Å². The largest absolute Gasteiger partial charge is 0.375 e. The Morgan fingerprint density at radius 2 is 2.12 bits per heavy atom. The highest BCUT2D eigenvalue weighted by molar-refractivity contribution is 5.79. The SMILES string of the molecule is Cc1cc(CC[C@@H]2CN(C(=O)Cc3ccccc3C)CCO2)ncn1. The zero-order chi connectivity index (χ0) is 17.6. The summed E-state index contributed by atoms with van der Waals surface area (Å²) in [6.07, 6.45) is 3.85. The molecule has 0 unspecified atom stereocenters. The van der Waals surface area contributed by atoms with Crippen LogP contribution in [-0.2, 0) is 22.4 Å². The number of nitrogens with zero attached hydrogens (tertiary/aromatic N) is 3. The Kier molecular flexibility index (Phi) is 5.76. The maximum absolute atomic E-state index is 12.6. The monoisotopic (exact) mass is 339 g/mol. The molecule has 5 nitrogen and oxygen atoms in total. The van der Waals surface area contributed by atoms with Crippen LogP contribution in [0.3, 0.4) is 0 Å². The normalized spacial score (nSPS) is 17.5. The Hall–Kier alpha value is -2.27. The van der Waals surface area contributed by atoms with E-state index in [1.165, 1.54) is 5.56 Å². The molecule has 3 rings (SSSR count). The summed E-state index contributed by atoms with van der Waals surface area (Å²) in [5, 5.41) is 0. The summed E-state index contributed by atoms with van der Waals surface area (Å²) in [4.78, 5) is 23.0. The first-order chi connectivity index (χ1) is 12.1. The summed E-state index contributed by atoms with van der Waals surface area (Å²) in [5.41, 5.74) is 4.27. The Morgan fingerprint density at radius 3 is 2.92 bits per heavy atom. The van der Waals surface area contributed by atoms with Crippen molar-refractivity contribution in [2.24, 2.45) is 0 Å². The third-order valence-corrected chi connectivity index (χ3v) is 4.68. The van der Waals surface area contributed by atoms with Crippen molar-refractivity contribution in [2.75, 3.05) is 19.7 Å². The molecule has 1 aliphatic heterocycles. The Morgan fingerprint density at radius 1 is 1.28 bits per heavy atom. The van der Waals surface area contributed by atoms with Gasteiger partial charge in [0.1, 0.15) is 6.33 Å². The summed E-state index contributed by atoms with van der Waals surface area (Å²) >= 11 is 0. The van der Waals surface area contributed by atoms with Gasteiger partial charge in [0.15, 0.2) is 0 Å². The van der Waals surface area contributed by atoms with Gasteiger partial charge in [0.05, 0.1) is 19.1 Å². The molecule has 5 heteroatoms. The number of hydrogen-bond acceptors (Lipinski definition) is 4. The number of aromatic nitrogens is 2. The number of carbonyl (C=O) groups is 1. The van der Waals surface area contributed by atoms with Gasteiger partial charge in [-0.25, -0.2) is 9.97 Å². The smallest absolute Gasteiger partial charge is 0.227 e. The fraction of sp³-hybridized carbons (Fsp3) is 0.450. The van der Waals surface area contributed by atoms with Gasteiger partial charge in [-0.2, -0.15) is 0 Å². The Labute approximate surface area is 149 Å². The van der Waals surface area contributed by atoms with Crippen molar-refractivity contribution in [3.63, 3.8) is 0 Å². The molecule has 1 fully saturated rings. The predicted molar refractivity (Wildman–Crippen MR) is 96.3 cm³/mol. The Bertz CT molecular complexity index is 732. The van der Waals surface area contributed by atoms with Crippen LogP contribution in [0.15, 0.2) is 36.7 Å². The van der Waals surface area contributed by atoms with Gasteiger partial charge in [-0.05, 0) is 43.9 Å². The van der Waals surface area contributed by atoms with Crippen LogP contribution in [0.2, 0.25) is 0 Å². The summed E-state index contributed by atoms with van der Waals surface area (Å²) in [6.45, 7) is 5.96. The number of morpholine rings is 1. The van der Waals surface area contributed by atoms with Crippen LogP contribution in [0.5, 0.6) is 0 Å². The van der Waals surface area contributed by atoms with E-state index in [1.807, 2.05) is 36.1 Å². The molecule has 1 amide bonds. The molecule has 132 valence electrons. The second kappa shape index (κ2) is 8.21. The van der Waals surface area contributed by atoms with Crippen molar-refractivity contribution in [1.29, 1.82) is 0 Å². The van der Waals surface area contributed by atoms with Gasteiger partial charge in [-0.1, -0.05) is 24.3 Å². The van der Waals surface area contributed by atoms with E-state index in [0.29, 0.717) is 26.1 Å². The van der Waals surface area contributed by atoms with E-state index in [2.05, 4.69) is 23.0 Å². The van der Waals surface area contributed by atoms with Gasteiger partial charge in [0.25, 0.3) is 0 Å². The molecule has 0 bridgehead atoms. The number of hydrogen-bond donors (Lipinski definition) is 0. The van der Waals surface area contributed by atoms with Gasteiger partial charge in [-0.3, -0.25) is 4.79 Å². The van der Waals surface area contributed by atoms with Crippen LogP contribution in [0, 0.1) is 13.8 Å². The van der Waals surface area contributed by atoms with Crippen molar-refractivity contribution < 1.29 is 9.53 Å². The van der Waals surface area contributed by atoms with E-state index >= 15 is 0 Å². The van der Waals surface area contributed by atoms with Gasteiger partial charge < -0.3 is 9.64 Å².